The molecule has 0 aromatic heterocycles. The lowest BCUT2D eigenvalue weighted by molar-refractivity contribution is -0.119. The van der Waals surface area contributed by atoms with Crippen LogP contribution in [0, 0.1) is 0 Å². The van der Waals surface area contributed by atoms with Crippen LogP contribution in [0.4, 0.5) is 4.79 Å². The maximum atomic E-state index is 11.4. The van der Waals surface area contributed by atoms with Crippen molar-refractivity contribution in [2.45, 2.75) is 32.4 Å². The second kappa shape index (κ2) is 6.63. The van der Waals surface area contributed by atoms with Crippen molar-refractivity contribution in [3.63, 3.8) is 0 Å². The number of amides is 2. The molecule has 0 spiro atoms. The molecule has 0 saturated carbocycles. The van der Waals surface area contributed by atoms with Crippen LogP contribution < -0.4 is 11.1 Å². The number of carbonyl (C=O) groups excluding carboxylic acids is 2. The van der Waals surface area contributed by atoms with E-state index >= 15 is 0 Å². The summed E-state index contributed by atoms with van der Waals surface area (Å²) < 4.78 is 4.89. The highest BCUT2D eigenvalue weighted by Crippen LogP contribution is 2.11. The van der Waals surface area contributed by atoms with Crippen LogP contribution in [-0.4, -0.2) is 29.3 Å². The molecule has 0 radical (unpaired) electrons. The van der Waals surface area contributed by atoms with Crippen molar-refractivity contribution >= 4 is 12.0 Å². The van der Waals surface area contributed by atoms with Gasteiger partial charge in [0.1, 0.15) is 11.8 Å². The third kappa shape index (κ3) is 5.29. The summed E-state index contributed by atoms with van der Waals surface area (Å²) in [6, 6.07) is 5.46. The van der Waals surface area contributed by atoms with E-state index in [0.717, 1.165) is 5.56 Å². The maximum absolute atomic E-state index is 11.4. The van der Waals surface area contributed by atoms with Crippen LogP contribution >= 0.6 is 0 Å². The van der Waals surface area contributed by atoms with Crippen LogP contribution in [-0.2, 0) is 16.0 Å². The van der Waals surface area contributed by atoms with Crippen LogP contribution in [0.2, 0.25) is 0 Å². The zero-order chi connectivity index (χ0) is 14.4. The summed E-state index contributed by atoms with van der Waals surface area (Å²) in [6.07, 6.45) is -0.720. The summed E-state index contributed by atoms with van der Waals surface area (Å²) in [7, 11) is 0. The molecule has 1 aromatic carbocycles. The third-order valence-electron chi connectivity index (χ3n) is 2.35. The molecule has 0 saturated heterocycles. The molecule has 6 heteroatoms. The number of nitrogens with one attached hydrogen (secondary N) is 1. The van der Waals surface area contributed by atoms with E-state index in [4.69, 9.17) is 15.6 Å². The van der Waals surface area contributed by atoms with E-state index in [0.29, 0.717) is 0 Å². The number of alkyl carbamates (subject to hydrolysis) is 1. The van der Waals surface area contributed by atoms with Gasteiger partial charge in [-0.1, -0.05) is 12.1 Å². The highest BCUT2D eigenvalue weighted by Gasteiger charge is 2.19. The number of primary amides is 1. The molecule has 0 heterocycles. The number of carbonyl (C=O) groups is 2. The molecule has 1 rings (SSSR count). The highest BCUT2D eigenvalue weighted by atomic mass is 16.6. The fourth-order valence-corrected chi connectivity index (χ4v) is 1.48. The number of nitrogens with two attached hydrogens (primary N) is 1. The summed E-state index contributed by atoms with van der Waals surface area (Å²) in [5, 5.41) is 11.6. The average Bonchev–Trinajstić information content (AvgIpc) is 2.29. The number of hydrogen-bond acceptors (Lipinski definition) is 4. The Hall–Kier alpha value is -2.24. The average molecular weight is 266 g/mol. The molecule has 104 valence electrons. The maximum Gasteiger partial charge on any atom is 0.408 e. The van der Waals surface area contributed by atoms with E-state index < -0.39 is 18.0 Å². The Labute approximate surface area is 111 Å². The van der Waals surface area contributed by atoms with Crippen LogP contribution in [0.1, 0.15) is 19.4 Å². The SMILES string of the molecule is CC(C)OC(=O)NC(Cc1ccc(O)cc1)C(N)=O. The van der Waals surface area contributed by atoms with Gasteiger partial charge in [-0.3, -0.25) is 4.79 Å². The van der Waals surface area contributed by atoms with Crippen molar-refractivity contribution in [3.8, 4) is 5.75 Å². The lowest BCUT2D eigenvalue weighted by atomic mass is 10.1. The van der Waals surface area contributed by atoms with Crippen LogP contribution in [0.15, 0.2) is 24.3 Å². The van der Waals surface area contributed by atoms with Crippen molar-refractivity contribution < 1.29 is 19.4 Å². The molecular formula is C13H18N2O4. The molecule has 2 amide bonds. The first-order valence-electron chi connectivity index (χ1n) is 5.93. The van der Waals surface area contributed by atoms with Crippen molar-refractivity contribution in [2.24, 2.45) is 5.73 Å². The van der Waals surface area contributed by atoms with Crippen LogP contribution in [0.5, 0.6) is 5.75 Å². The quantitative estimate of drug-likeness (QED) is 0.737. The van der Waals surface area contributed by atoms with Gasteiger partial charge in [0, 0.05) is 6.42 Å². The minimum absolute atomic E-state index is 0.131. The molecular weight excluding hydrogens is 248 g/mol. The van der Waals surface area contributed by atoms with Gasteiger partial charge in [-0.05, 0) is 31.5 Å². The Kier molecular flexibility index (Phi) is 5.17. The Morgan fingerprint density at radius 1 is 1.32 bits per heavy atom. The van der Waals surface area contributed by atoms with Crippen LogP contribution in [0.3, 0.4) is 0 Å². The van der Waals surface area contributed by atoms with E-state index in [1.54, 1.807) is 26.0 Å². The van der Waals surface area contributed by atoms with Crippen molar-refractivity contribution in [2.75, 3.05) is 0 Å². The summed E-state index contributed by atoms with van der Waals surface area (Å²) in [5.74, 6) is -0.514. The number of phenolic OH excluding ortho intramolecular Hbond substituents is 1. The molecule has 1 aromatic rings. The van der Waals surface area contributed by atoms with E-state index in [1.807, 2.05) is 0 Å². The number of rotatable bonds is 5. The van der Waals surface area contributed by atoms with E-state index in [9.17, 15) is 9.59 Å². The largest absolute Gasteiger partial charge is 0.508 e. The first kappa shape index (κ1) is 14.8. The van der Waals surface area contributed by atoms with Gasteiger partial charge in [0.2, 0.25) is 5.91 Å². The fourth-order valence-electron chi connectivity index (χ4n) is 1.48. The van der Waals surface area contributed by atoms with Crippen molar-refractivity contribution in [3.05, 3.63) is 29.8 Å². The van der Waals surface area contributed by atoms with E-state index in [1.165, 1.54) is 12.1 Å². The topological polar surface area (TPSA) is 102 Å². The second-order valence-corrected chi connectivity index (χ2v) is 4.42. The smallest absolute Gasteiger partial charge is 0.408 e. The first-order chi connectivity index (χ1) is 8.88. The Morgan fingerprint density at radius 2 is 1.89 bits per heavy atom. The molecule has 19 heavy (non-hydrogen) atoms. The zero-order valence-electron chi connectivity index (χ0n) is 10.9. The van der Waals surface area contributed by atoms with Gasteiger partial charge in [0.05, 0.1) is 6.10 Å². The Bertz CT molecular complexity index is 442. The number of aromatic hydroxyl groups is 1. The lowest BCUT2D eigenvalue weighted by Crippen LogP contribution is -2.46. The molecule has 6 nitrogen and oxygen atoms in total. The minimum Gasteiger partial charge on any atom is -0.508 e. The predicted molar refractivity (Wildman–Crippen MR) is 69.5 cm³/mol. The van der Waals surface area contributed by atoms with Crippen molar-refractivity contribution in [1.82, 2.24) is 5.32 Å². The van der Waals surface area contributed by atoms with Crippen molar-refractivity contribution in [1.29, 1.82) is 0 Å². The first-order valence-corrected chi connectivity index (χ1v) is 5.93. The number of benzene rings is 1. The van der Waals surface area contributed by atoms with Gasteiger partial charge in [-0.15, -0.1) is 0 Å². The number of hydrogen-bond donors (Lipinski definition) is 3. The summed E-state index contributed by atoms with van der Waals surface area (Å²) >= 11 is 0. The fraction of sp³-hybridized carbons (Fsp3) is 0.385. The standard InChI is InChI=1S/C13H18N2O4/c1-8(2)19-13(18)15-11(12(14)17)7-9-3-5-10(16)6-4-9/h3-6,8,11,16H,7H2,1-2H3,(H2,14,17)(H,15,18). The van der Waals surface area contributed by atoms with Gasteiger partial charge in [-0.2, -0.15) is 0 Å². The molecule has 1 unspecified atom stereocenters. The Morgan fingerprint density at radius 3 is 2.37 bits per heavy atom. The molecule has 4 N–H and O–H groups in total. The summed E-state index contributed by atoms with van der Waals surface area (Å²) in [5.41, 5.74) is 6.00. The monoisotopic (exact) mass is 266 g/mol. The van der Waals surface area contributed by atoms with E-state index in [2.05, 4.69) is 5.32 Å². The van der Waals surface area contributed by atoms with Crippen LogP contribution in [0.25, 0.3) is 0 Å². The van der Waals surface area contributed by atoms with Gasteiger partial charge in [0.15, 0.2) is 0 Å². The highest BCUT2D eigenvalue weighted by molar-refractivity contribution is 5.84. The van der Waals surface area contributed by atoms with E-state index in [-0.39, 0.29) is 18.3 Å². The van der Waals surface area contributed by atoms with Gasteiger partial charge < -0.3 is 20.9 Å². The molecule has 0 aliphatic carbocycles. The number of phenols is 1. The molecule has 0 aliphatic heterocycles. The zero-order valence-corrected chi connectivity index (χ0v) is 10.9. The predicted octanol–water partition coefficient (Wildman–Crippen LogP) is 0.923. The molecule has 1 atom stereocenters. The normalized spacial score (nSPS) is 11.9. The molecule has 0 bridgehead atoms. The van der Waals surface area contributed by atoms with Gasteiger partial charge in [0.25, 0.3) is 0 Å². The van der Waals surface area contributed by atoms with Gasteiger partial charge in [-0.25, -0.2) is 4.79 Å². The molecule has 0 fully saturated rings. The Balaban J connectivity index is 2.65. The lowest BCUT2D eigenvalue weighted by Gasteiger charge is -2.16. The summed E-state index contributed by atoms with van der Waals surface area (Å²) in [6.45, 7) is 3.41. The van der Waals surface area contributed by atoms with Gasteiger partial charge >= 0.3 is 6.09 Å². The number of ether oxygens (including phenoxy) is 1. The molecule has 0 aliphatic rings. The second-order valence-electron chi connectivity index (χ2n) is 4.42. The third-order valence-corrected chi connectivity index (χ3v) is 2.35. The summed E-state index contributed by atoms with van der Waals surface area (Å²) in [4.78, 5) is 22.7. The minimum atomic E-state index is -0.851.